The van der Waals surface area contributed by atoms with Gasteiger partial charge < -0.3 is 5.11 Å². The molecule has 2 unspecified atom stereocenters. The van der Waals surface area contributed by atoms with E-state index in [0.29, 0.717) is 5.56 Å². The van der Waals surface area contributed by atoms with Crippen molar-refractivity contribution < 1.29 is 9.90 Å². The lowest BCUT2D eigenvalue weighted by Gasteiger charge is -2.18. The smallest absolute Gasteiger partial charge is 0.312 e. The molecule has 0 saturated carbocycles. The zero-order valence-electron chi connectivity index (χ0n) is 11.6. The van der Waals surface area contributed by atoms with Crippen molar-refractivity contribution >= 4 is 17.7 Å². The van der Waals surface area contributed by atoms with Crippen LogP contribution in [0.15, 0.2) is 64.4 Å². The molecule has 4 heteroatoms. The average molecular weight is 297 g/mol. The third-order valence-electron chi connectivity index (χ3n) is 3.19. The van der Waals surface area contributed by atoms with Gasteiger partial charge in [-0.15, -0.1) is 0 Å². The van der Waals surface area contributed by atoms with E-state index < -0.39 is 17.8 Å². The van der Waals surface area contributed by atoms with Crippen molar-refractivity contribution in [2.24, 2.45) is 5.92 Å². The fourth-order valence-electron chi connectivity index (χ4n) is 2.14. The lowest BCUT2D eigenvalue weighted by Crippen LogP contribution is -2.19. The Morgan fingerprint density at radius 2 is 1.76 bits per heavy atom. The molecule has 1 N–H and O–H groups in total. The largest absolute Gasteiger partial charge is 0.481 e. The second-order valence-corrected chi connectivity index (χ2v) is 5.80. The highest BCUT2D eigenvalue weighted by atomic mass is 32.2. The van der Waals surface area contributed by atoms with E-state index in [4.69, 9.17) is 5.26 Å². The summed E-state index contributed by atoms with van der Waals surface area (Å²) in [4.78, 5) is 13.5. The van der Waals surface area contributed by atoms with E-state index in [-0.39, 0.29) is 0 Å². The van der Waals surface area contributed by atoms with Crippen LogP contribution in [0.1, 0.15) is 18.4 Å². The third-order valence-corrected chi connectivity index (χ3v) is 4.29. The number of nitriles is 1. The predicted molar refractivity (Wildman–Crippen MR) is 82.2 cm³/mol. The summed E-state index contributed by atoms with van der Waals surface area (Å²) in [5.41, 5.74) is 0.688. The Morgan fingerprint density at radius 1 is 1.14 bits per heavy atom. The fourth-order valence-corrected chi connectivity index (χ4v) is 3.14. The molecular formula is C17H15NO2S. The highest BCUT2D eigenvalue weighted by Gasteiger charge is 2.28. The molecule has 2 aromatic rings. The number of aliphatic carboxylic acids is 1. The molecular weight excluding hydrogens is 282 g/mol. The Labute approximate surface area is 128 Å². The van der Waals surface area contributed by atoms with Crippen LogP contribution in [0, 0.1) is 17.2 Å². The van der Waals surface area contributed by atoms with Crippen LogP contribution in [-0.2, 0) is 4.79 Å². The summed E-state index contributed by atoms with van der Waals surface area (Å²) in [5.74, 6) is -2.37. The van der Waals surface area contributed by atoms with Crippen molar-refractivity contribution in [3.8, 4) is 6.07 Å². The summed E-state index contributed by atoms with van der Waals surface area (Å²) in [6.07, 6.45) is 0. The normalized spacial score (nSPS) is 13.1. The third kappa shape index (κ3) is 3.65. The Balaban J connectivity index is 2.40. The minimum Gasteiger partial charge on any atom is -0.481 e. The second-order valence-electron chi connectivity index (χ2n) is 4.69. The zero-order chi connectivity index (χ0) is 15.2. The van der Waals surface area contributed by atoms with Crippen LogP contribution >= 0.6 is 11.8 Å². The number of benzene rings is 2. The molecule has 0 radical (unpaired) electrons. The first-order chi connectivity index (χ1) is 10.1. The molecule has 0 spiro atoms. The van der Waals surface area contributed by atoms with Gasteiger partial charge in [-0.25, -0.2) is 0 Å². The number of hydrogen-bond acceptors (Lipinski definition) is 3. The van der Waals surface area contributed by atoms with Crippen LogP contribution in [0.25, 0.3) is 0 Å². The number of carboxylic acid groups (broad SMARTS) is 1. The molecule has 3 nitrogen and oxygen atoms in total. The van der Waals surface area contributed by atoms with E-state index in [2.05, 4.69) is 0 Å². The quantitative estimate of drug-likeness (QED) is 0.900. The topological polar surface area (TPSA) is 61.1 Å². The van der Waals surface area contributed by atoms with Crippen molar-refractivity contribution in [2.45, 2.75) is 22.6 Å². The van der Waals surface area contributed by atoms with E-state index in [1.165, 1.54) is 11.8 Å². The van der Waals surface area contributed by atoms with Crippen molar-refractivity contribution in [1.29, 1.82) is 5.26 Å². The van der Waals surface area contributed by atoms with Crippen LogP contribution in [0.4, 0.5) is 0 Å². The molecule has 2 atom stereocenters. The summed E-state index contributed by atoms with van der Waals surface area (Å²) in [7, 11) is 0. The minimum absolute atomic E-state index is 0.583. The summed E-state index contributed by atoms with van der Waals surface area (Å²) >= 11 is 1.52. The maximum Gasteiger partial charge on any atom is 0.312 e. The van der Waals surface area contributed by atoms with Crippen LogP contribution in [0.2, 0.25) is 0 Å². The summed E-state index contributed by atoms with van der Waals surface area (Å²) in [6, 6.07) is 19.2. The highest BCUT2D eigenvalue weighted by Crippen LogP contribution is 2.36. The van der Waals surface area contributed by atoms with E-state index in [9.17, 15) is 9.90 Å². The molecule has 0 aliphatic heterocycles. The minimum atomic E-state index is -0.967. The van der Waals surface area contributed by atoms with E-state index >= 15 is 0 Å². The lowest BCUT2D eigenvalue weighted by molar-refractivity contribution is -0.139. The Bertz CT molecular complexity index is 664. The van der Waals surface area contributed by atoms with Crippen molar-refractivity contribution in [2.75, 3.05) is 0 Å². The number of hydrogen-bond donors (Lipinski definition) is 1. The van der Waals surface area contributed by atoms with Gasteiger partial charge in [-0.2, -0.15) is 5.26 Å². The number of nitrogens with zero attached hydrogens (tertiary/aromatic N) is 1. The standard InChI is InChI=1S/C17H15NO2S/c1-12(11-18)16(17(19)20)14-9-5-6-10-15(14)21-13-7-3-2-4-8-13/h2-10,12,16H,1H3,(H,19,20). The van der Waals surface area contributed by atoms with Gasteiger partial charge in [-0.1, -0.05) is 48.2 Å². The molecule has 2 aromatic carbocycles. The molecule has 0 aliphatic carbocycles. The van der Waals surface area contributed by atoms with Gasteiger partial charge >= 0.3 is 5.97 Å². The van der Waals surface area contributed by atoms with E-state index in [1.54, 1.807) is 13.0 Å². The van der Waals surface area contributed by atoms with Crippen LogP contribution in [-0.4, -0.2) is 11.1 Å². The maximum absolute atomic E-state index is 11.5. The van der Waals surface area contributed by atoms with Crippen molar-refractivity contribution in [1.82, 2.24) is 0 Å². The molecule has 2 rings (SSSR count). The fraction of sp³-hybridized carbons (Fsp3) is 0.176. The summed E-state index contributed by atoms with van der Waals surface area (Å²) in [5, 5.41) is 18.5. The van der Waals surface area contributed by atoms with Gasteiger partial charge in [-0.3, -0.25) is 4.79 Å². The van der Waals surface area contributed by atoms with Gasteiger partial charge in [0.25, 0.3) is 0 Å². The van der Waals surface area contributed by atoms with Crippen LogP contribution in [0.3, 0.4) is 0 Å². The Hall–Kier alpha value is -2.25. The summed E-state index contributed by atoms with van der Waals surface area (Å²) < 4.78 is 0. The van der Waals surface area contributed by atoms with Gasteiger partial charge in [0.1, 0.15) is 0 Å². The number of carboxylic acids is 1. The van der Waals surface area contributed by atoms with Gasteiger partial charge in [0, 0.05) is 9.79 Å². The van der Waals surface area contributed by atoms with Gasteiger partial charge in [0.15, 0.2) is 0 Å². The second kappa shape index (κ2) is 6.96. The highest BCUT2D eigenvalue weighted by molar-refractivity contribution is 7.99. The zero-order valence-corrected chi connectivity index (χ0v) is 12.4. The van der Waals surface area contributed by atoms with E-state index in [0.717, 1.165) is 9.79 Å². The van der Waals surface area contributed by atoms with Crippen molar-refractivity contribution in [3.63, 3.8) is 0 Å². The molecule has 0 heterocycles. The molecule has 106 valence electrons. The van der Waals surface area contributed by atoms with Gasteiger partial charge in [0.05, 0.1) is 17.9 Å². The number of carbonyl (C=O) groups is 1. The van der Waals surface area contributed by atoms with Gasteiger partial charge in [0.2, 0.25) is 0 Å². The molecule has 0 bridgehead atoms. The average Bonchev–Trinajstić information content (AvgIpc) is 2.49. The molecule has 0 aromatic heterocycles. The summed E-state index contributed by atoms with van der Waals surface area (Å²) in [6.45, 7) is 1.64. The number of rotatable bonds is 5. The first-order valence-electron chi connectivity index (χ1n) is 6.57. The van der Waals surface area contributed by atoms with E-state index in [1.807, 2.05) is 54.6 Å². The van der Waals surface area contributed by atoms with Gasteiger partial charge in [-0.05, 0) is 30.7 Å². The monoisotopic (exact) mass is 297 g/mol. The van der Waals surface area contributed by atoms with Crippen LogP contribution in [0.5, 0.6) is 0 Å². The molecule has 0 amide bonds. The lowest BCUT2D eigenvalue weighted by atomic mass is 9.88. The molecule has 21 heavy (non-hydrogen) atoms. The first-order valence-corrected chi connectivity index (χ1v) is 7.39. The predicted octanol–water partition coefficient (Wildman–Crippen LogP) is 4.17. The Morgan fingerprint density at radius 3 is 2.38 bits per heavy atom. The maximum atomic E-state index is 11.5. The molecule has 0 saturated heterocycles. The molecule has 0 fully saturated rings. The SMILES string of the molecule is CC(C#N)C(C(=O)O)c1ccccc1Sc1ccccc1. The Kier molecular flexibility index (Phi) is 5.02. The van der Waals surface area contributed by atoms with Crippen molar-refractivity contribution in [3.05, 3.63) is 60.2 Å². The first kappa shape index (κ1) is 15.1. The van der Waals surface area contributed by atoms with Crippen LogP contribution < -0.4 is 0 Å². The molecule has 0 aliphatic rings.